The van der Waals surface area contributed by atoms with Gasteiger partial charge in [-0.05, 0) is 56.1 Å². The molecule has 3 N–H and O–H groups in total. The largest absolute Gasteiger partial charge is 0.394 e. The number of hydrogen-bond donors (Lipinski definition) is 3. The number of carbonyl (C=O) groups is 1. The van der Waals surface area contributed by atoms with E-state index in [1.165, 1.54) is 10.5 Å². The van der Waals surface area contributed by atoms with Crippen LogP contribution in [-0.4, -0.2) is 29.5 Å². The van der Waals surface area contributed by atoms with Crippen LogP contribution in [0.25, 0.3) is 0 Å². The number of thioether (sulfide) groups is 1. The molecule has 4 nitrogen and oxygen atoms in total. The van der Waals surface area contributed by atoms with Crippen molar-refractivity contribution in [1.29, 1.82) is 0 Å². The van der Waals surface area contributed by atoms with Crippen LogP contribution < -0.4 is 10.6 Å². The van der Waals surface area contributed by atoms with Crippen LogP contribution in [0, 0.1) is 12.8 Å². The molecular formula is C16H24N2O2S. The van der Waals surface area contributed by atoms with Crippen molar-refractivity contribution in [2.75, 3.05) is 12.9 Å². The predicted molar refractivity (Wildman–Crippen MR) is 86.5 cm³/mol. The van der Waals surface area contributed by atoms with Gasteiger partial charge < -0.3 is 15.7 Å². The molecule has 21 heavy (non-hydrogen) atoms. The van der Waals surface area contributed by atoms with Gasteiger partial charge in [0.15, 0.2) is 0 Å². The number of nitrogens with one attached hydrogen (secondary N) is 2. The van der Waals surface area contributed by atoms with Gasteiger partial charge in [-0.25, -0.2) is 4.79 Å². The maximum absolute atomic E-state index is 12.0. The lowest BCUT2D eigenvalue weighted by Crippen LogP contribution is -2.53. The summed E-state index contributed by atoms with van der Waals surface area (Å²) in [5.74, 6) is 0.398. The summed E-state index contributed by atoms with van der Waals surface area (Å²) in [6.45, 7) is 4.44. The minimum atomic E-state index is -0.500. The fourth-order valence-corrected chi connectivity index (χ4v) is 3.17. The molecule has 0 heterocycles. The molecule has 1 aromatic carbocycles. The van der Waals surface area contributed by atoms with Gasteiger partial charge in [0.05, 0.1) is 12.1 Å². The van der Waals surface area contributed by atoms with Gasteiger partial charge in [-0.3, -0.25) is 0 Å². The van der Waals surface area contributed by atoms with Crippen LogP contribution in [0.2, 0.25) is 0 Å². The minimum Gasteiger partial charge on any atom is -0.394 e. The zero-order valence-corrected chi connectivity index (χ0v) is 13.7. The molecule has 0 aromatic heterocycles. The van der Waals surface area contributed by atoms with Gasteiger partial charge in [-0.1, -0.05) is 12.1 Å². The first-order valence-electron chi connectivity index (χ1n) is 7.29. The zero-order chi connectivity index (χ0) is 15.5. The molecule has 116 valence electrons. The highest BCUT2D eigenvalue weighted by Crippen LogP contribution is 2.39. The van der Waals surface area contributed by atoms with Crippen LogP contribution in [0.3, 0.4) is 0 Å². The second kappa shape index (κ2) is 6.71. The van der Waals surface area contributed by atoms with E-state index in [0.29, 0.717) is 12.5 Å². The van der Waals surface area contributed by atoms with E-state index < -0.39 is 5.54 Å². The molecule has 0 unspecified atom stereocenters. The summed E-state index contributed by atoms with van der Waals surface area (Å²) in [5, 5.41) is 15.3. The van der Waals surface area contributed by atoms with Crippen molar-refractivity contribution >= 4 is 17.8 Å². The third kappa shape index (κ3) is 4.14. The van der Waals surface area contributed by atoms with Gasteiger partial charge in [0, 0.05) is 11.4 Å². The first-order valence-corrected chi connectivity index (χ1v) is 8.51. The number of rotatable bonds is 6. The molecule has 0 spiro atoms. The lowest BCUT2D eigenvalue weighted by Gasteiger charge is -2.28. The standard InChI is InChI=1S/C16H24N2O2S/c1-11-4-5-12(14(8-11)21-3)9-17-15(20)18-16(2,10-19)13-6-7-13/h4-5,8,13,19H,6-7,9-10H2,1-3H3,(H2,17,18,20)/t16-/m0/s1. The lowest BCUT2D eigenvalue weighted by atomic mass is 9.97. The van der Waals surface area contributed by atoms with Gasteiger partial charge in [0.2, 0.25) is 0 Å². The summed E-state index contributed by atoms with van der Waals surface area (Å²) in [5.41, 5.74) is 1.83. The third-order valence-electron chi connectivity index (χ3n) is 4.09. The highest BCUT2D eigenvalue weighted by molar-refractivity contribution is 7.98. The smallest absolute Gasteiger partial charge is 0.315 e. The van der Waals surface area contributed by atoms with Gasteiger partial charge in [-0.15, -0.1) is 11.8 Å². The Bertz CT molecular complexity index is 517. The van der Waals surface area contributed by atoms with Gasteiger partial charge in [-0.2, -0.15) is 0 Å². The van der Waals surface area contributed by atoms with E-state index in [4.69, 9.17) is 0 Å². The molecule has 2 amide bonds. The molecule has 0 radical (unpaired) electrons. The quantitative estimate of drug-likeness (QED) is 0.708. The molecule has 5 heteroatoms. The molecule has 0 aliphatic heterocycles. The monoisotopic (exact) mass is 308 g/mol. The Morgan fingerprint density at radius 3 is 2.76 bits per heavy atom. The van der Waals surface area contributed by atoms with Crippen molar-refractivity contribution in [3.05, 3.63) is 29.3 Å². The van der Waals surface area contributed by atoms with E-state index in [1.54, 1.807) is 11.8 Å². The second-order valence-electron chi connectivity index (χ2n) is 5.97. The number of hydrogen-bond acceptors (Lipinski definition) is 3. The molecule has 1 aromatic rings. The van der Waals surface area contributed by atoms with Crippen LogP contribution in [0.15, 0.2) is 23.1 Å². The van der Waals surface area contributed by atoms with Crippen molar-refractivity contribution in [2.45, 2.75) is 43.7 Å². The van der Waals surface area contributed by atoms with Crippen LogP contribution in [-0.2, 0) is 6.54 Å². The third-order valence-corrected chi connectivity index (χ3v) is 4.91. The fourth-order valence-electron chi connectivity index (χ4n) is 2.47. The molecule has 2 rings (SSSR count). The molecule has 0 saturated heterocycles. The molecule has 1 saturated carbocycles. The van der Waals surface area contributed by atoms with Crippen molar-refractivity contribution in [3.8, 4) is 0 Å². The minimum absolute atomic E-state index is 0.0221. The van der Waals surface area contributed by atoms with Gasteiger partial charge >= 0.3 is 6.03 Å². The van der Waals surface area contributed by atoms with Gasteiger partial charge in [0.1, 0.15) is 0 Å². The normalized spacial score (nSPS) is 17.1. The Morgan fingerprint density at radius 2 is 2.19 bits per heavy atom. The molecule has 1 aliphatic rings. The number of aliphatic hydroxyl groups excluding tert-OH is 1. The maximum Gasteiger partial charge on any atom is 0.315 e. The first-order chi connectivity index (χ1) is 9.98. The van der Waals surface area contributed by atoms with Gasteiger partial charge in [0.25, 0.3) is 0 Å². The number of urea groups is 1. The van der Waals surface area contributed by atoms with Crippen LogP contribution in [0.5, 0.6) is 0 Å². The van der Waals surface area contributed by atoms with Crippen LogP contribution >= 0.6 is 11.8 Å². The number of aryl methyl sites for hydroxylation is 1. The summed E-state index contributed by atoms with van der Waals surface area (Å²) >= 11 is 1.68. The fraction of sp³-hybridized carbons (Fsp3) is 0.562. The highest BCUT2D eigenvalue weighted by atomic mass is 32.2. The van der Waals surface area contributed by atoms with Crippen molar-refractivity contribution in [1.82, 2.24) is 10.6 Å². The molecule has 0 bridgehead atoms. The van der Waals surface area contributed by atoms with E-state index in [-0.39, 0.29) is 12.6 Å². The van der Waals surface area contributed by atoms with Crippen molar-refractivity contribution < 1.29 is 9.90 Å². The summed E-state index contributed by atoms with van der Waals surface area (Å²) in [4.78, 5) is 13.2. The number of aliphatic hydroxyl groups is 1. The average Bonchev–Trinajstić information content (AvgIpc) is 3.30. The van der Waals surface area contributed by atoms with Crippen molar-refractivity contribution in [2.24, 2.45) is 5.92 Å². The SMILES string of the molecule is CSc1cc(C)ccc1CNC(=O)N[C@@](C)(CO)C1CC1. The number of benzene rings is 1. The van der Waals surface area contributed by atoms with Crippen molar-refractivity contribution in [3.63, 3.8) is 0 Å². The molecular weight excluding hydrogens is 284 g/mol. The van der Waals surface area contributed by atoms with E-state index in [0.717, 1.165) is 18.4 Å². The Balaban J connectivity index is 1.92. The average molecular weight is 308 g/mol. The molecule has 1 fully saturated rings. The summed E-state index contributed by atoms with van der Waals surface area (Å²) in [6.07, 6.45) is 4.19. The van der Waals surface area contributed by atoms with E-state index in [1.807, 2.05) is 19.2 Å². The van der Waals surface area contributed by atoms with E-state index in [2.05, 4.69) is 29.7 Å². The summed E-state index contributed by atoms with van der Waals surface area (Å²) < 4.78 is 0. The zero-order valence-electron chi connectivity index (χ0n) is 12.9. The summed E-state index contributed by atoms with van der Waals surface area (Å²) in [7, 11) is 0. The molecule has 1 aliphatic carbocycles. The topological polar surface area (TPSA) is 61.4 Å². The number of amides is 2. The van der Waals surface area contributed by atoms with Crippen LogP contribution in [0.4, 0.5) is 4.79 Å². The Morgan fingerprint density at radius 1 is 1.48 bits per heavy atom. The Kier molecular flexibility index (Phi) is 5.17. The van der Waals surface area contributed by atoms with Crippen LogP contribution in [0.1, 0.15) is 30.9 Å². The molecule has 1 atom stereocenters. The first kappa shape index (κ1) is 16.2. The Hall–Kier alpha value is -1.20. The summed E-state index contributed by atoms with van der Waals surface area (Å²) in [6, 6.07) is 6.01. The number of carbonyl (C=O) groups excluding carboxylic acids is 1. The maximum atomic E-state index is 12.0. The highest BCUT2D eigenvalue weighted by Gasteiger charge is 2.42. The Labute approximate surface area is 130 Å². The lowest BCUT2D eigenvalue weighted by molar-refractivity contribution is 0.155. The van der Waals surface area contributed by atoms with E-state index >= 15 is 0 Å². The van der Waals surface area contributed by atoms with E-state index in [9.17, 15) is 9.90 Å². The second-order valence-corrected chi connectivity index (χ2v) is 6.82. The predicted octanol–water partition coefficient (Wildman–Crippen LogP) is 2.68.